The number of aromatic nitrogens is 2. The zero-order chi connectivity index (χ0) is 16.2. The molecule has 0 radical (unpaired) electrons. The molecule has 6 heteroatoms. The van der Waals surface area contributed by atoms with Crippen molar-refractivity contribution in [3.8, 4) is 5.75 Å². The minimum atomic E-state index is -0.125. The van der Waals surface area contributed by atoms with Crippen LogP contribution < -0.4 is 15.6 Å². The van der Waals surface area contributed by atoms with Gasteiger partial charge < -0.3 is 15.0 Å². The molecule has 1 aromatic carbocycles. The van der Waals surface area contributed by atoms with Gasteiger partial charge in [-0.15, -0.1) is 0 Å². The number of rotatable bonds is 5. The fraction of sp³-hybridized carbons (Fsp3) is 0.176. The van der Waals surface area contributed by atoms with E-state index in [2.05, 4.69) is 31.2 Å². The number of benzene rings is 1. The van der Waals surface area contributed by atoms with Gasteiger partial charge in [-0.2, -0.15) is 0 Å². The lowest BCUT2D eigenvalue weighted by molar-refractivity contribution is 0.414. The van der Waals surface area contributed by atoms with Gasteiger partial charge in [-0.3, -0.25) is 4.79 Å². The summed E-state index contributed by atoms with van der Waals surface area (Å²) in [5.74, 6) is 1.57. The molecule has 3 rings (SSSR count). The summed E-state index contributed by atoms with van der Waals surface area (Å²) in [6.07, 6.45) is 0.868. The largest absolute Gasteiger partial charge is 0.497 e. The predicted octanol–water partition coefficient (Wildman–Crippen LogP) is 3.35. The van der Waals surface area contributed by atoms with Crippen LogP contribution in [0.5, 0.6) is 5.75 Å². The molecule has 0 bridgehead atoms. The normalized spacial score (nSPS) is 10.7. The van der Waals surface area contributed by atoms with Gasteiger partial charge in [-0.05, 0) is 46.1 Å². The molecule has 0 aliphatic carbocycles. The number of nitrogens with zero attached hydrogens (tertiary/aromatic N) is 1. The van der Waals surface area contributed by atoms with Crippen molar-refractivity contribution < 1.29 is 4.74 Å². The van der Waals surface area contributed by atoms with E-state index in [0.717, 1.165) is 35.4 Å². The topological polar surface area (TPSA) is 67.0 Å². The second-order valence-electron chi connectivity index (χ2n) is 5.11. The van der Waals surface area contributed by atoms with Gasteiger partial charge in [0, 0.05) is 24.1 Å². The molecule has 0 amide bonds. The lowest BCUT2D eigenvalue weighted by Gasteiger charge is -2.08. The fourth-order valence-electron chi connectivity index (χ4n) is 2.34. The molecule has 0 saturated heterocycles. The van der Waals surface area contributed by atoms with Crippen LogP contribution in [0, 0.1) is 0 Å². The SMILES string of the molecule is COc1ccc(CCNc2cc3[nH]c(=O)ccc3c(Br)n2)cc1. The summed E-state index contributed by atoms with van der Waals surface area (Å²) in [6.45, 7) is 0.744. The van der Waals surface area contributed by atoms with Gasteiger partial charge in [0.1, 0.15) is 16.2 Å². The summed E-state index contributed by atoms with van der Waals surface area (Å²) in [5, 5.41) is 4.16. The molecule has 0 aliphatic rings. The van der Waals surface area contributed by atoms with Crippen molar-refractivity contribution in [2.45, 2.75) is 6.42 Å². The van der Waals surface area contributed by atoms with Gasteiger partial charge in [0.05, 0.1) is 12.6 Å². The van der Waals surface area contributed by atoms with E-state index < -0.39 is 0 Å². The lowest BCUT2D eigenvalue weighted by atomic mass is 10.1. The molecule has 0 fully saturated rings. The Hall–Kier alpha value is -2.34. The molecule has 0 atom stereocenters. The van der Waals surface area contributed by atoms with Crippen LogP contribution in [0.25, 0.3) is 10.9 Å². The van der Waals surface area contributed by atoms with E-state index in [1.165, 1.54) is 11.6 Å². The number of nitrogens with one attached hydrogen (secondary N) is 2. The highest BCUT2D eigenvalue weighted by molar-refractivity contribution is 9.10. The molecule has 0 aliphatic heterocycles. The summed E-state index contributed by atoms with van der Waals surface area (Å²) in [7, 11) is 1.66. The highest BCUT2D eigenvalue weighted by atomic mass is 79.9. The van der Waals surface area contributed by atoms with Gasteiger partial charge in [0.2, 0.25) is 5.56 Å². The van der Waals surface area contributed by atoms with E-state index in [1.54, 1.807) is 13.2 Å². The number of halogens is 1. The van der Waals surface area contributed by atoms with Crippen molar-refractivity contribution in [2.75, 3.05) is 19.0 Å². The van der Waals surface area contributed by atoms with Crippen molar-refractivity contribution in [1.29, 1.82) is 0 Å². The molecule has 2 heterocycles. The lowest BCUT2D eigenvalue weighted by Crippen LogP contribution is -2.08. The Balaban J connectivity index is 1.70. The Bertz CT molecular complexity index is 875. The zero-order valence-electron chi connectivity index (χ0n) is 12.6. The fourth-order valence-corrected chi connectivity index (χ4v) is 2.87. The van der Waals surface area contributed by atoms with Gasteiger partial charge in [-0.25, -0.2) is 4.98 Å². The van der Waals surface area contributed by atoms with Crippen LogP contribution in [0.1, 0.15) is 5.56 Å². The first-order chi connectivity index (χ1) is 11.2. The average molecular weight is 374 g/mol. The maximum Gasteiger partial charge on any atom is 0.248 e. The minimum absolute atomic E-state index is 0.125. The molecule has 2 N–H and O–H groups in total. The van der Waals surface area contributed by atoms with Gasteiger partial charge >= 0.3 is 0 Å². The summed E-state index contributed by atoms with van der Waals surface area (Å²) < 4.78 is 5.85. The standard InChI is InChI=1S/C17H16BrN3O2/c1-23-12-4-2-11(3-5-12)8-9-19-15-10-14-13(17(18)21-15)6-7-16(22)20-14/h2-7,10H,8-9H2,1H3,(H,19,21)(H,20,22). The third kappa shape index (κ3) is 3.71. The molecular weight excluding hydrogens is 358 g/mol. The Labute approximate surface area is 141 Å². The smallest absolute Gasteiger partial charge is 0.248 e. The van der Waals surface area contributed by atoms with E-state index in [0.29, 0.717) is 4.60 Å². The van der Waals surface area contributed by atoms with Crippen molar-refractivity contribution in [2.24, 2.45) is 0 Å². The maximum absolute atomic E-state index is 11.4. The summed E-state index contributed by atoms with van der Waals surface area (Å²) in [6, 6.07) is 13.1. The molecule has 23 heavy (non-hydrogen) atoms. The number of aromatic amines is 1. The highest BCUT2D eigenvalue weighted by Crippen LogP contribution is 2.22. The number of ether oxygens (including phenoxy) is 1. The third-order valence-corrected chi connectivity index (χ3v) is 4.15. The first-order valence-electron chi connectivity index (χ1n) is 7.22. The van der Waals surface area contributed by atoms with Crippen LogP contribution in [0.15, 0.2) is 51.9 Å². The first kappa shape index (κ1) is 15.6. The van der Waals surface area contributed by atoms with E-state index in [4.69, 9.17) is 4.74 Å². The Kier molecular flexibility index (Phi) is 4.62. The van der Waals surface area contributed by atoms with Crippen molar-refractivity contribution in [3.63, 3.8) is 0 Å². The minimum Gasteiger partial charge on any atom is -0.497 e. The van der Waals surface area contributed by atoms with Gasteiger partial charge in [0.15, 0.2) is 0 Å². The Morgan fingerprint density at radius 1 is 1.22 bits per heavy atom. The van der Waals surface area contributed by atoms with Gasteiger partial charge in [0.25, 0.3) is 0 Å². The Morgan fingerprint density at radius 2 is 2.00 bits per heavy atom. The van der Waals surface area contributed by atoms with Crippen LogP contribution in [-0.4, -0.2) is 23.6 Å². The molecule has 5 nitrogen and oxygen atoms in total. The van der Waals surface area contributed by atoms with Crippen molar-refractivity contribution in [3.05, 3.63) is 63.0 Å². The van der Waals surface area contributed by atoms with Crippen LogP contribution >= 0.6 is 15.9 Å². The first-order valence-corrected chi connectivity index (χ1v) is 8.01. The van der Waals surface area contributed by atoms with Crippen LogP contribution in [0.3, 0.4) is 0 Å². The molecule has 2 aromatic heterocycles. The third-order valence-electron chi connectivity index (χ3n) is 3.55. The van der Waals surface area contributed by atoms with E-state index in [9.17, 15) is 4.79 Å². The second kappa shape index (κ2) is 6.83. The van der Waals surface area contributed by atoms with Crippen molar-refractivity contribution in [1.82, 2.24) is 9.97 Å². The number of anilines is 1. The van der Waals surface area contributed by atoms with Gasteiger partial charge in [-0.1, -0.05) is 12.1 Å². The molecule has 0 unspecified atom stereocenters. The zero-order valence-corrected chi connectivity index (χ0v) is 14.2. The highest BCUT2D eigenvalue weighted by Gasteiger charge is 2.04. The Morgan fingerprint density at radius 3 is 2.74 bits per heavy atom. The molecule has 3 aromatic rings. The number of hydrogen-bond donors (Lipinski definition) is 2. The maximum atomic E-state index is 11.4. The molecule has 118 valence electrons. The number of hydrogen-bond acceptors (Lipinski definition) is 4. The van der Waals surface area contributed by atoms with Crippen molar-refractivity contribution >= 4 is 32.7 Å². The predicted molar refractivity (Wildman–Crippen MR) is 95.3 cm³/mol. The van der Waals surface area contributed by atoms with Crippen LogP contribution in [0.4, 0.5) is 5.82 Å². The number of pyridine rings is 2. The monoisotopic (exact) mass is 373 g/mol. The number of fused-ring (bicyclic) bond motifs is 1. The van der Waals surface area contributed by atoms with E-state index in [-0.39, 0.29) is 5.56 Å². The quantitative estimate of drug-likeness (QED) is 0.673. The van der Waals surface area contributed by atoms with Crippen LogP contribution in [-0.2, 0) is 6.42 Å². The average Bonchev–Trinajstić information content (AvgIpc) is 2.55. The van der Waals surface area contributed by atoms with E-state index in [1.807, 2.05) is 30.3 Å². The summed E-state index contributed by atoms with van der Waals surface area (Å²) >= 11 is 3.44. The van der Waals surface area contributed by atoms with Crippen LogP contribution in [0.2, 0.25) is 0 Å². The molecule has 0 spiro atoms. The molecule has 0 saturated carbocycles. The second-order valence-corrected chi connectivity index (χ2v) is 5.86. The number of H-pyrrole nitrogens is 1. The summed E-state index contributed by atoms with van der Waals surface area (Å²) in [4.78, 5) is 18.7. The van der Waals surface area contributed by atoms with E-state index >= 15 is 0 Å². The number of methoxy groups -OCH3 is 1. The molecular formula is C17H16BrN3O2. The summed E-state index contributed by atoms with van der Waals surface area (Å²) in [5.41, 5.74) is 1.85.